The van der Waals surface area contributed by atoms with Crippen LogP contribution in [-0.2, 0) is 4.74 Å². The van der Waals surface area contributed by atoms with Gasteiger partial charge in [0.15, 0.2) is 6.61 Å². The molecule has 4 nitrogen and oxygen atoms in total. The van der Waals surface area contributed by atoms with Crippen molar-refractivity contribution < 1.29 is 9.47 Å². The first-order chi connectivity index (χ1) is 10.8. The highest BCUT2D eigenvalue weighted by Gasteiger charge is 2.47. The van der Waals surface area contributed by atoms with E-state index in [-0.39, 0.29) is 4.87 Å². The number of aryl methyl sites for hydroxylation is 1. The number of fused-ring (bicyclic) bond motifs is 2. The molecule has 1 aliphatic carbocycles. The molecule has 4 rings (SSSR count). The van der Waals surface area contributed by atoms with Gasteiger partial charge in [-0.2, -0.15) is 0 Å². The molecule has 2 aliphatic heterocycles. The van der Waals surface area contributed by atoms with E-state index in [2.05, 4.69) is 22.4 Å². The molecule has 0 unspecified atom stereocenters. The molecule has 1 spiro atoms. The summed E-state index contributed by atoms with van der Waals surface area (Å²) in [5, 5.41) is 8.87. The average Bonchev–Trinajstić information content (AvgIpc) is 3.09. The molecule has 0 aromatic heterocycles. The Morgan fingerprint density at radius 1 is 1.23 bits per heavy atom. The highest BCUT2D eigenvalue weighted by Crippen LogP contribution is 2.51. The maximum Gasteiger partial charge on any atom is 0.252 e. The van der Waals surface area contributed by atoms with Crippen LogP contribution in [0.5, 0.6) is 5.75 Å². The van der Waals surface area contributed by atoms with Crippen LogP contribution in [0.3, 0.4) is 0 Å². The van der Waals surface area contributed by atoms with Gasteiger partial charge in [-0.3, -0.25) is 0 Å². The summed E-state index contributed by atoms with van der Waals surface area (Å²) in [5.41, 5.74) is 1.23. The van der Waals surface area contributed by atoms with Gasteiger partial charge in [-0.05, 0) is 31.9 Å². The standard InChI is InChI=1S/C17H20N2O2S/c1-13-5-7-14(8-6-13)20-11-15-18-19-16(21-15)12-22-17(19)9-3-2-4-10-17/h5-8,12H,2-4,9-11H2,1H3. The maximum absolute atomic E-state index is 5.85. The molecule has 0 amide bonds. The van der Waals surface area contributed by atoms with Gasteiger partial charge in [0.2, 0.25) is 5.88 Å². The molecule has 0 radical (unpaired) electrons. The van der Waals surface area contributed by atoms with Crippen LogP contribution in [0.4, 0.5) is 0 Å². The maximum atomic E-state index is 5.85. The third-order valence-electron chi connectivity index (χ3n) is 4.43. The van der Waals surface area contributed by atoms with E-state index in [0.29, 0.717) is 12.5 Å². The molecule has 5 heteroatoms. The van der Waals surface area contributed by atoms with E-state index >= 15 is 0 Å². The molecular weight excluding hydrogens is 296 g/mol. The summed E-state index contributed by atoms with van der Waals surface area (Å²) in [6.45, 7) is 2.44. The number of benzene rings is 1. The molecule has 2 heterocycles. The summed E-state index contributed by atoms with van der Waals surface area (Å²) in [6, 6.07) is 8.04. The molecule has 3 aliphatic rings. The molecule has 1 aromatic rings. The van der Waals surface area contributed by atoms with Crippen LogP contribution < -0.4 is 4.74 Å². The van der Waals surface area contributed by atoms with Gasteiger partial charge in [0, 0.05) is 5.41 Å². The van der Waals surface area contributed by atoms with Crippen LogP contribution in [0.25, 0.3) is 0 Å². The Morgan fingerprint density at radius 2 is 2.00 bits per heavy atom. The fourth-order valence-electron chi connectivity index (χ4n) is 3.19. The molecule has 1 aromatic carbocycles. The first kappa shape index (κ1) is 14.0. The molecule has 0 N–H and O–H groups in total. The van der Waals surface area contributed by atoms with Crippen LogP contribution in [0.1, 0.15) is 37.7 Å². The second-order valence-corrected chi connectivity index (χ2v) is 7.32. The van der Waals surface area contributed by atoms with Crippen LogP contribution in [0.15, 0.2) is 40.7 Å². The minimum Gasteiger partial charge on any atom is -0.484 e. The van der Waals surface area contributed by atoms with Gasteiger partial charge >= 0.3 is 0 Å². The lowest BCUT2D eigenvalue weighted by Gasteiger charge is -2.37. The zero-order valence-electron chi connectivity index (χ0n) is 12.7. The molecule has 116 valence electrons. The molecular formula is C17H20N2O2S. The van der Waals surface area contributed by atoms with E-state index in [1.807, 2.05) is 36.0 Å². The van der Waals surface area contributed by atoms with Crippen molar-refractivity contribution in [2.45, 2.75) is 43.9 Å². The van der Waals surface area contributed by atoms with Crippen LogP contribution in [-0.4, -0.2) is 22.4 Å². The van der Waals surface area contributed by atoms with Crippen molar-refractivity contribution in [3.63, 3.8) is 0 Å². The Hall–Kier alpha value is -1.62. The van der Waals surface area contributed by atoms with Gasteiger partial charge in [0.1, 0.15) is 10.6 Å². The Balaban J connectivity index is 1.43. The number of hydrogen-bond acceptors (Lipinski definition) is 5. The van der Waals surface area contributed by atoms with Crippen molar-refractivity contribution in [1.82, 2.24) is 5.01 Å². The Morgan fingerprint density at radius 3 is 2.77 bits per heavy atom. The first-order valence-corrected chi connectivity index (χ1v) is 8.76. The van der Waals surface area contributed by atoms with Crippen molar-refractivity contribution in [1.29, 1.82) is 0 Å². The van der Waals surface area contributed by atoms with E-state index in [4.69, 9.17) is 9.47 Å². The SMILES string of the molecule is Cc1ccc(OCC2=NN3C(=CSC34CCCCC4)O2)cc1. The molecule has 0 bridgehead atoms. The number of ether oxygens (including phenoxy) is 2. The number of nitrogens with zero attached hydrogens (tertiary/aromatic N) is 2. The topological polar surface area (TPSA) is 34.1 Å². The van der Waals surface area contributed by atoms with E-state index in [9.17, 15) is 0 Å². The predicted octanol–water partition coefficient (Wildman–Crippen LogP) is 4.23. The number of thioether (sulfide) groups is 1. The molecule has 1 saturated carbocycles. The van der Waals surface area contributed by atoms with Crippen molar-refractivity contribution >= 4 is 17.7 Å². The van der Waals surface area contributed by atoms with Crippen molar-refractivity contribution in [3.8, 4) is 5.75 Å². The molecule has 22 heavy (non-hydrogen) atoms. The van der Waals surface area contributed by atoms with Gasteiger partial charge in [0.25, 0.3) is 5.90 Å². The van der Waals surface area contributed by atoms with Crippen molar-refractivity contribution in [3.05, 3.63) is 41.1 Å². The number of hydrazone groups is 1. The van der Waals surface area contributed by atoms with Crippen LogP contribution in [0.2, 0.25) is 0 Å². The van der Waals surface area contributed by atoms with E-state index in [1.165, 1.54) is 37.7 Å². The van der Waals surface area contributed by atoms with Crippen LogP contribution >= 0.6 is 11.8 Å². The highest BCUT2D eigenvalue weighted by molar-refractivity contribution is 8.03. The average molecular weight is 316 g/mol. The quantitative estimate of drug-likeness (QED) is 0.836. The Bertz CT molecular complexity index is 618. The van der Waals surface area contributed by atoms with Crippen molar-refractivity contribution in [2.24, 2.45) is 5.10 Å². The monoisotopic (exact) mass is 316 g/mol. The summed E-state index contributed by atoms with van der Waals surface area (Å²) >= 11 is 1.87. The van der Waals surface area contributed by atoms with Crippen LogP contribution in [0, 0.1) is 6.92 Å². The Labute approximate surface area is 135 Å². The van der Waals surface area contributed by atoms with Gasteiger partial charge in [0.05, 0.1) is 0 Å². The molecule has 0 atom stereocenters. The lowest BCUT2D eigenvalue weighted by molar-refractivity contribution is 0.149. The lowest BCUT2D eigenvalue weighted by Crippen LogP contribution is -2.39. The lowest BCUT2D eigenvalue weighted by atomic mass is 9.94. The second-order valence-electron chi connectivity index (χ2n) is 6.09. The van der Waals surface area contributed by atoms with Gasteiger partial charge < -0.3 is 9.47 Å². The van der Waals surface area contributed by atoms with E-state index < -0.39 is 0 Å². The summed E-state index contributed by atoms with van der Waals surface area (Å²) in [4.78, 5) is 0.0964. The third-order valence-corrected chi connectivity index (χ3v) is 5.77. The fourth-order valence-corrected chi connectivity index (χ4v) is 4.42. The van der Waals surface area contributed by atoms with E-state index in [1.54, 1.807) is 0 Å². The fraction of sp³-hybridized carbons (Fsp3) is 0.471. The number of rotatable bonds is 3. The largest absolute Gasteiger partial charge is 0.484 e. The van der Waals surface area contributed by atoms with Gasteiger partial charge in [-0.15, -0.1) is 5.10 Å². The minimum atomic E-state index is 0.0964. The summed E-state index contributed by atoms with van der Waals surface area (Å²) < 4.78 is 11.6. The summed E-state index contributed by atoms with van der Waals surface area (Å²) in [6.07, 6.45) is 6.23. The molecule has 1 fully saturated rings. The smallest absolute Gasteiger partial charge is 0.252 e. The zero-order valence-corrected chi connectivity index (χ0v) is 13.6. The minimum absolute atomic E-state index is 0.0964. The summed E-state index contributed by atoms with van der Waals surface area (Å²) in [7, 11) is 0. The Kier molecular flexibility index (Phi) is 3.53. The highest BCUT2D eigenvalue weighted by atomic mass is 32.2. The van der Waals surface area contributed by atoms with Gasteiger partial charge in [-0.1, -0.05) is 48.7 Å². The molecule has 0 saturated heterocycles. The third kappa shape index (κ3) is 2.47. The normalized spacial score (nSPS) is 22.1. The van der Waals surface area contributed by atoms with E-state index in [0.717, 1.165) is 11.6 Å². The second kappa shape index (κ2) is 5.54. The first-order valence-electron chi connectivity index (χ1n) is 7.88. The summed E-state index contributed by atoms with van der Waals surface area (Å²) in [5.74, 6) is 2.37. The van der Waals surface area contributed by atoms with Gasteiger partial charge in [-0.25, -0.2) is 5.01 Å². The number of hydrogen-bond donors (Lipinski definition) is 0. The van der Waals surface area contributed by atoms with Crippen molar-refractivity contribution in [2.75, 3.05) is 6.61 Å². The predicted molar refractivity (Wildman–Crippen MR) is 88.5 cm³/mol. The zero-order chi connectivity index (χ0) is 15.0.